The van der Waals surface area contributed by atoms with Crippen LogP contribution in [0, 0.1) is 0 Å². The number of hydrogen-bond acceptors (Lipinski definition) is 4. The van der Waals surface area contributed by atoms with E-state index in [1.807, 2.05) is 0 Å². The number of esters is 1. The minimum atomic E-state index is -0.714. The number of fused-ring (bicyclic) bond motifs is 1. The normalized spacial score (nSPS) is 10.2. The van der Waals surface area contributed by atoms with Crippen LogP contribution in [0.5, 0.6) is 0 Å². The first-order valence-corrected chi connectivity index (χ1v) is 6.24. The molecule has 102 valence electrons. The molecule has 0 aliphatic heterocycles. The van der Waals surface area contributed by atoms with Crippen LogP contribution in [-0.4, -0.2) is 18.1 Å². The molecule has 0 amide bonds. The third-order valence-corrected chi connectivity index (χ3v) is 3.59. The monoisotopic (exact) mass is 330 g/mol. The second kappa shape index (κ2) is 5.73. The molecule has 0 aliphatic carbocycles. The lowest BCUT2D eigenvalue weighted by Crippen LogP contribution is -2.03. The lowest BCUT2D eigenvalue weighted by Gasteiger charge is -2.10. The van der Waals surface area contributed by atoms with Gasteiger partial charge >= 0.3 is 5.97 Å². The summed E-state index contributed by atoms with van der Waals surface area (Å²) in [5.74, 6) is -0.714. The van der Waals surface area contributed by atoms with Crippen LogP contribution in [0.2, 0.25) is 15.1 Å². The molecule has 0 atom stereocenters. The van der Waals surface area contributed by atoms with Gasteiger partial charge in [-0.05, 0) is 11.6 Å². The SMILES string of the molecule is COC(=O)c1cnc2c(Cl)cc(Cl)c(Cl)c2c1N=[N+]=[N-]. The molecule has 0 saturated carbocycles. The minimum absolute atomic E-state index is 0.0289. The molecule has 0 fully saturated rings. The molecular formula is C11H5Cl3N4O2. The summed E-state index contributed by atoms with van der Waals surface area (Å²) in [6.45, 7) is 0. The minimum Gasteiger partial charge on any atom is -0.465 e. The maximum atomic E-state index is 11.7. The van der Waals surface area contributed by atoms with E-state index in [0.29, 0.717) is 0 Å². The zero-order valence-corrected chi connectivity index (χ0v) is 12.2. The van der Waals surface area contributed by atoms with Gasteiger partial charge in [0.15, 0.2) is 0 Å². The summed E-state index contributed by atoms with van der Waals surface area (Å²) < 4.78 is 4.60. The van der Waals surface area contributed by atoms with E-state index in [-0.39, 0.29) is 37.2 Å². The van der Waals surface area contributed by atoms with Gasteiger partial charge in [-0.1, -0.05) is 39.9 Å². The number of methoxy groups -OCH3 is 1. The van der Waals surface area contributed by atoms with Crippen LogP contribution in [0.4, 0.5) is 5.69 Å². The molecule has 6 nitrogen and oxygen atoms in total. The molecule has 20 heavy (non-hydrogen) atoms. The van der Waals surface area contributed by atoms with Gasteiger partial charge in [-0.25, -0.2) is 4.79 Å². The van der Waals surface area contributed by atoms with Gasteiger partial charge in [0, 0.05) is 16.5 Å². The van der Waals surface area contributed by atoms with Gasteiger partial charge in [0.2, 0.25) is 0 Å². The number of carbonyl (C=O) groups excluding carboxylic acids is 1. The van der Waals surface area contributed by atoms with Crippen LogP contribution in [0.1, 0.15) is 10.4 Å². The van der Waals surface area contributed by atoms with Crippen molar-refractivity contribution in [2.24, 2.45) is 5.11 Å². The lowest BCUT2D eigenvalue weighted by molar-refractivity contribution is 0.0601. The third-order valence-electron chi connectivity index (χ3n) is 2.51. The fraction of sp³-hybridized carbons (Fsp3) is 0.0909. The maximum absolute atomic E-state index is 11.7. The summed E-state index contributed by atoms with van der Waals surface area (Å²) in [6.07, 6.45) is 1.20. The van der Waals surface area contributed by atoms with Crippen molar-refractivity contribution in [2.45, 2.75) is 0 Å². The number of benzene rings is 1. The Morgan fingerprint density at radius 2 is 2.10 bits per heavy atom. The molecule has 1 aromatic heterocycles. The number of azide groups is 1. The van der Waals surface area contributed by atoms with Crippen LogP contribution in [0.25, 0.3) is 21.3 Å². The van der Waals surface area contributed by atoms with Gasteiger partial charge in [-0.2, -0.15) is 0 Å². The van der Waals surface area contributed by atoms with E-state index in [1.165, 1.54) is 19.4 Å². The zero-order chi connectivity index (χ0) is 14.9. The topological polar surface area (TPSA) is 88.0 Å². The molecule has 0 radical (unpaired) electrons. The van der Waals surface area contributed by atoms with E-state index in [4.69, 9.17) is 40.3 Å². The summed E-state index contributed by atoms with van der Waals surface area (Å²) in [5, 5.41) is 4.15. The molecule has 1 heterocycles. The summed E-state index contributed by atoms with van der Waals surface area (Å²) in [7, 11) is 1.19. The molecule has 9 heteroatoms. The van der Waals surface area contributed by atoms with E-state index < -0.39 is 5.97 Å². The molecule has 0 aliphatic rings. The number of halogens is 3. The molecule has 2 aromatic rings. The summed E-state index contributed by atoms with van der Waals surface area (Å²) >= 11 is 18.0. The predicted octanol–water partition coefficient (Wildman–Crippen LogP) is 4.92. The largest absolute Gasteiger partial charge is 0.465 e. The van der Waals surface area contributed by atoms with Gasteiger partial charge in [0.05, 0.1) is 38.9 Å². The first-order valence-electron chi connectivity index (χ1n) is 5.10. The second-order valence-electron chi connectivity index (χ2n) is 3.58. The Balaban J connectivity index is 3.01. The van der Waals surface area contributed by atoms with Crippen LogP contribution in [-0.2, 0) is 4.74 Å². The number of aromatic nitrogens is 1. The van der Waals surface area contributed by atoms with Gasteiger partial charge in [0.25, 0.3) is 0 Å². The quantitative estimate of drug-likeness (QED) is 0.257. The molecule has 2 rings (SSSR count). The Bertz CT molecular complexity index is 772. The smallest absolute Gasteiger partial charge is 0.339 e. The van der Waals surface area contributed by atoms with E-state index in [0.717, 1.165) is 0 Å². The van der Waals surface area contributed by atoms with Crippen molar-refractivity contribution in [1.29, 1.82) is 0 Å². The van der Waals surface area contributed by atoms with Gasteiger partial charge in [-0.3, -0.25) is 4.98 Å². The Labute approximate surface area is 127 Å². The third kappa shape index (κ3) is 2.34. The van der Waals surface area contributed by atoms with Crippen molar-refractivity contribution in [1.82, 2.24) is 4.98 Å². The fourth-order valence-electron chi connectivity index (χ4n) is 1.66. The molecule has 0 unspecified atom stereocenters. The number of pyridine rings is 1. The van der Waals surface area contributed by atoms with E-state index in [1.54, 1.807) is 0 Å². The van der Waals surface area contributed by atoms with Crippen molar-refractivity contribution in [3.8, 4) is 0 Å². The Hall–Kier alpha value is -1.72. The molecule has 1 aromatic carbocycles. The van der Waals surface area contributed by atoms with E-state index in [2.05, 4.69) is 19.7 Å². The summed E-state index contributed by atoms with van der Waals surface area (Å²) in [5.41, 5.74) is 8.88. The van der Waals surface area contributed by atoms with E-state index >= 15 is 0 Å². The number of rotatable bonds is 2. The van der Waals surface area contributed by atoms with Crippen molar-refractivity contribution < 1.29 is 9.53 Å². The standard InChI is InChI=1S/C11H5Cl3N4O2/c1-20-11(19)4-3-16-10-6(13)2-5(12)8(14)7(10)9(4)17-18-15/h2-3H,1H3. The van der Waals surface area contributed by atoms with Crippen molar-refractivity contribution in [3.05, 3.63) is 43.3 Å². The molecule has 0 spiro atoms. The number of ether oxygens (including phenoxy) is 1. The Morgan fingerprint density at radius 3 is 2.70 bits per heavy atom. The average Bonchev–Trinajstić information content (AvgIpc) is 2.44. The van der Waals surface area contributed by atoms with E-state index in [9.17, 15) is 4.79 Å². The molecule has 0 bridgehead atoms. The van der Waals surface area contributed by atoms with Crippen molar-refractivity contribution >= 4 is 57.4 Å². The number of carbonyl (C=O) groups is 1. The van der Waals surface area contributed by atoms with Crippen LogP contribution >= 0.6 is 34.8 Å². The Kier molecular flexibility index (Phi) is 4.20. The highest BCUT2D eigenvalue weighted by molar-refractivity contribution is 6.48. The molecular weight excluding hydrogens is 327 g/mol. The van der Waals surface area contributed by atoms with Crippen LogP contribution in [0.3, 0.4) is 0 Å². The van der Waals surface area contributed by atoms with Gasteiger partial charge < -0.3 is 4.74 Å². The number of hydrogen-bond donors (Lipinski definition) is 0. The number of nitrogens with zero attached hydrogens (tertiary/aromatic N) is 4. The van der Waals surface area contributed by atoms with Crippen LogP contribution < -0.4 is 0 Å². The summed E-state index contributed by atoms with van der Waals surface area (Å²) in [4.78, 5) is 18.4. The fourth-order valence-corrected chi connectivity index (χ4v) is 2.41. The highest BCUT2D eigenvalue weighted by Gasteiger charge is 2.20. The molecule has 0 saturated heterocycles. The zero-order valence-electron chi connectivity index (χ0n) is 9.89. The first-order chi connectivity index (χ1) is 9.51. The maximum Gasteiger partial charge on any atom is 0.339 e. The molecule has 0 N–H and O–H groups in total. The second-order valence-corrected chi connectivity index (χ2v) is 4.77. The van der Waals surface area contributed by atoms with Gasteiger partial charge in [0.1, 0.15) is 0 Å². The average molecular weight is 332 g/mol. The van der Waals surface area contributed by atoms with Gasteiger partial charge in [-0.15, -0.1) is 0 Å². The Morgan fingerprint density at radius 1 is 1.40 bits per heavy atom. The lowest BCUT2D eigenvalue weighted by atomic mass is 10.1. The predicted molar refractivity (Wildman–Crippen MR) is 76.9 cm³/mol. The van der Waals surface area contributed by atoms with Crippen LogP contribution in [0.15, 0.2) is 17.4 Å². The highest BCUT2D eigenvalue weighted by atomic mass is 35.5. The van der Waals surface area contributed by atoms with Crippen molar-refractivity contribution in [3.63, 3.8) is 0 Å². The first kappa shape index (κ1) is 14.7. The summed E-state index contributed by atoms with van der Waals surface area (Å²) in [6, 6.07) is 1.42. The van der Waals surface area contributed by atoms with Crippen molar-refractivity contribution in [2.75, 3.05) is 7.11 Å². The highest BCUT2D eigenvalue weighted by Crippen LogP contribution is 2.41.